The SMILES string of the molecule is CC1=C[C@@]23C(=O)[C@@H](C=C(CO)[C@@H](O)[C@]2(O)[C@H]1OC(=O)C(=O)N(C)c1ccccc1)[C@H]1[C@@H](C[C@H]3C)C1(C)C. The van der Waals surface area contributed by atoms with Crippen molar-refractivity contribution in [3.05, 3.63) is 53.6 Å². The maximum Gasteiger partial charge on any atom is 0.398 e. The third-order valence-corrected chi connectivity index (χ3v) is 9.74. The maximum atomic E-state index is 14.3. The molecule has 1 aromatic rings. The maximum absolute atomic E-state index is 14.3. The fraction of sp³-hybridized carbons (Fsp3) is 0.552. The van der Waals surface area contributed by atoms with E-state index in [1.807, 2.05) is 6.92 Å². The Labute approximate surface area is 216 Å². The molecule has 5 rings (SSSR count). The molecule has 2 saturated carbocycles. The van der Waals surface area contributed by atoms with Crippen molar-refractivity contribution in [1.82, 2.24) is 0 Å². The van der Waals surface area contributed by atoms with Crippen molar-refractivity contribution >= 4 is 23.3 Å². The molecule has 1 spiro atoms. The second kappa shape index (κ2) is 8.35. The van der Waals surface area contributed by atoms with Crippen molar-refractivity contribution in [2.45, 2.75) is 51.9 Å². The van der Waals surface area contributed by atoms with E-state index in [9.17, 15) is 29.7 Å². The van der Waals surface area contributed by atoms with Gasteiger partial charge >= 0.3 is 11.9 Å². The summed E-state index contributed by atoms with van der Waals surface area (Å²) in [6.07, 6.45) is 0.778. The second-order valence-electron chi connectivity index (χ2n) is 11.9. The number of anilines is 1. The van der Waals surface area contributed by atoms with Gasteiger partial charge in [0.1, 0.15) is 6.10 Å². The number of fused-ring (bicyclic) bond motifs is 3. The van der Waals surface area contributed by atoms with Crippen molar-refractivity contribution < 1.29 is 34.4 Å². The highest BCUT2D eigenvalue weighted by atomic mass is 16.6. The highest BCUT2D eigenvalue weighted by molar-refractivity contribution is 6.38. The zero-order chi connectivity index (χ0) is 27.1. The predicted molar refractivity (Wildman–Crippen MR) is 135 cm³/mol. The van der Waals surface area contributed by atoms with Crippen LogP contribution in [0.4, 0.5) is 5.69 Å². The van der Waals surface area contributed by atoms with E-state index < -0.39 is 47.6 Å². The number of hydrogen-bond acceptors (Lipinski definition) is 7. The molecule has 2 fully saturated rings. The number of ether oxygens (including phenoxy) is 1. The number of para-hydroxylation sites is 1. The van der Waals surface area contributed by atoms with Crippen LogP contribution in [0, 0.1) is 34.5 Å². The van der Waals surface area contributed by atoms with E-state index in [2.05, 4.69) is 13.8 Å². The van der Waals surface area contributed by atoms with Crippen LogP contribution in [0.25, 0.3) is 0 Å². The van der Waals surface area contributed by atoms with E-state index in [-0.39, 0.29) is 34.5 Å². The van der Waals surface area contributed by atoms with Gasteiger partial charge in [-0.15, -0.1) is 0 Å². The minimum absolute atomic E-state index is 0.0225. The summed E-state index contributed by atoms with van der Waals surface area (Å²) in [6, 6.07) is 8.57. The molecule has 0 heterocycles. The van der Waals surface area contributed by atoms with Crippen molar-refractivity contribution in [3.63, 3.8) is 0 Å². The normalized spacial score (nSPS) is 39.3. The Morgan fingerprint density at radius 2 is 1.84 bits per heavy atom. The van der Waals surface area contributed by atoms with Gasteiger partial charge in [0.05, 0.1) is 12.0 Å². The first-order valence-corrected chi connectivity index (χ1v) is 12.8. The summed E-state index contributed by atoms with van der Waals surface area (Å²) >= 11 is 0. The number of hydrogen-bond donors (Lipinski definition) is 3. The number of aliphatic hydroxyl groups excluding tert-OH is 2. The molecule has 1 aromatic carbocycles. The van der Waals surface area contributed by atoms with E-state index >= 15 is 0 Å². The Hall–Kier alpha value is -2.81. The van der Waals surface area contributed by atoms with Crippen LogP contribution in [0.15, 0.2) is 53.6 Å². The van der Waals surface area contributed by atoms with Gasteiger partial charge in [-0.05, 0) is 59.8 Å². The average Bonchev–Trinajstić information content (AvgIpc) is 3.37. The molecule has 0 saturated heterocycles. The highest BCUT2D eigenvalue weighted by Crippen LogP contribution is 2.71. The van der Waals surface area contributed by atoms with Crippen LogP contribution < -0.4 is 4.90 Å². The molecular weight excluding hydrogens is 474 g/mol. The van der Waals surface area contributed by atoms with Gasteiger partial charge in [0.15, 0.2) is 17.5 Å². The number of likely N-dealkylation sites (N-methyl/N-ethyl adjacent to an activating group) is 1. The van der Waals surface area contributed by atoms with Gasteiger partial charge in [0.25, 0.3) is 0 Å². The van der Waals surface area contributed by atoms with Crippen molar-refractivity contribution in [2.24, 2.45) is 34.5 Å². The number of rotatable bonds is 3. The minimum Gasteiger partial charge on any atom is -0.447 e. The van der Waals surface area contributed by atoms with Crippen molar-refractivity contribution in [1.29, 1.82) is 0 Å². The molecule has 4 aliphatic rings. The smallest absolute Gasteiger partial charge is 0.398 e. The lowest BCUT2D eigenvalue weighted by Crippen LogP contribution is -2.66. The van der Waals surface area contributed by atoms with Crippen LogP contribution >= 0.6 is 0 Å². The molecule has 2 bridgehead atoms. The minimum atomic E-state index is -2.28. The van der Waals surface area contributed by atoms with Crippen LogP contribution in [0.3, 0.4) is 0 Å². The molecule has 8 nitrogen and oxygen atoms in total. The van der Waals surface area contributed by atoms with Crippen LogP contribution in [0.5, 0.6) is 0 Å². The zero-order valence-electron chi connectivity index (χ0n) is 21.8. The molecule has 0 aromatic heterocycles. The number of allylic oxidation sites excluding steroid dienone is 1. The Morgan fingerprint density at radius 3 is 2.46 bits per heavy atom. The van der Waals surface area contributed by atoms with Gasteiger partial charge < -0.3 is 25.0 Å². The van der Waals surface area contributed by atoms with E-state index in [4.69, 9.17) is 4.74 Å². The topological polar surface area (TPSA) is 124 Å². The van der Waals surface area contributed by atoms with Crippen molar-refractivity contribution in [2.75, 3.05) is 18.6 Å². The van der Waals surface area contributed by atoms with E-state index in [0.29, 0.717) is 17.7 Å². The number of aliphatic hydroxyl groups is 3. The van der Waals surface area contributed by atoms with Crippen LogP contribution in [0.1, 0.15) is 34.1 Å². The number of ketones is 1. The molecule has 0 unspecified atom stereocenters. The third kappa shape index (κ3) is 3.28. The van der Waals surface area contributed by atoms with Crippen LogP contribution in [-0.4, -0.2) is 64.4 Å². The Kier molecular flexibility index (Phi) is 5.83. The first-order valence-electron chi connectivity index (χ1n) is 12.8. The number of esters is 1. The largest absolute Gasteiger partial charge is 0.447 e. The number of benzene rings is 1. The lowest BCUT2D eigenvalue weighted by Gasteiger charge is -2.48. The van der Waals surface area contributed by atoms with Gasteiger partial charge in [-0.2, -0.15) is 0 Å². The summed E-state index contributed by atoms with van der Waals surface area (Å²) in [7, 11) is 1.44. The number of Topliss-reactive ketones (excluding diaryl/α,β-unsaturated/α-hetero) is 1. The van der Waals surface area contributed by atoms with E-state index in [0.717, 1.165) is 4.90 Å². The van der Waals surface area contributed by atoms with Gasteiger partial charge in [-0.3, -0.25) is 9.59 Å². The van der Waals surface area contributed by atoms with Crippen LogP contribution in [-0.2, 0) is 19.1 Å². The van der Waals surface area contributed by atoms with E-state index in [1.54, 1.807) is 49.4 Å². The highest BCUT2D eigenvalue weighted by Gasteiger charge is 2.76. The van der Waals surface area contributed by atoms with Gasteiger partial charge in [0.2, 0.25) is 0 Å². The molecule has 8 heteroatoms. The van der Waals surface area contributed by atoms with Gasteiger partial charge in [0, 0.05) is 18.7 Å². The Balaban J connectivity index is 1.55. The summed E-state index contributed by atoms with van der Waals surface area (Å²) in [5.74, 6) is -3.13. The number of nitrogens with zero attached hydrogens (tertiary/aromatic N) is 1. The number of carbonyl (C=O) groups is 3. The lowest BCUT2D eigenvalue weighted by molar-refractivity contribution is -0.203. The predicted octanol–water partition coefficient (Wildman–Crippen LogP) is 2.03. The standard InChI is InChI=1S/C29H35NO7/c1-15-13-28-16(2)11-20-21(27(20,3)4)19(23(28)33)12-17(14-31)22(32)29(28,36)24(15)37-26(35)25(34)30(5)18-9-7-6-8-10-18/h6-10,12-13,16,19-22,24,31-32,36H,11,14H2,1-5H3/t16-,19+,20-,21+,22-,24+,28-,29+/m1/s1. The molecule has 37 heavy (non-hydrogen) atoms. The molecule has 198 valence electrons. The van der Waals surface area contributed by atoms with Crippen LogP contribution in [0.2, 0.25) is 0 Å². The van der Waals surface area contributed by atoms with Gasteiger partial charge in [-0.1, -0.05) is 51.1 Å². The third-order valence-electron chi connectivity index (χ3n) is 9.74. The fourth-order valence-corrected chi connectivity index (χ4v) is 7.66. The second-order valence-corrected chi connectivity index (χ2v) is 11.9. The van der Waals surface area contributed by atoms with Crippen molar-refractivity contribution in [3.8, 4) is 0 Å². The monoisotopic (exact) mass is 509 g/mol. The van der Waals surface area contributed by atoms with Gasteiger partial charge in [-0.25, -0.2) is 4.79 Å². The lowest BCUT2D eigenvalue weighted by atomic mass is 9.59. The van der Waals surface area contributed by atoms with E-state index in [1.165, 1.54) is 7.05 Å². The summed E-state index contributed by atoms with van der Waals surface area (Å²) in [5, 5.41) is 34.1. The molecular formula is C29H35NO7. The number of carbonyl (C=O) groups excluding carboxylic acids is 3. The Bertz CT molecular complexity index is 1220. The first kappa shape index (κ1) is 25.8. The number of amides is 1. The summed E-state index contributed by atoms with van der Waals surface area (Å²) in [4.78, 5) is 41.5. The molecule has 4 aliphatic carbocycles. The Morgan fingerprint density at radius 1 is 1.19 bits per heavy atom. The fourth-order valence-electron chi connectivity index (χ4n) is 7.66. The summed E-state index contributed by atoms with van der Waals surface area (Å²) < 4.78 is 5.65. The average molecular weight is 510 g/mol. The molecule has 1 amide bonds. The zero-order valence-corrected chi connectivity index (χ0v) is 21.8. The quantitative estimate of drug-likeness (QED) is 0.324. The molecule has 8 atom stereocenters. The summed E-state index contributed by atoms with van der Waals surface area (Å²) in [5.41, 5.74) is -2.92. The molecule has 0 radical (unpaired) electrons. The summed E-state index contributed by atoms with van der Waals surface area (Å²) in [6.45, 7) is 7.19. The molecule has 0 aliphatic heterocycles. The molecule has 3 N–H and O–H groups in total. The first-order chi connectivity index (χ1) is 17.3.